The second-order valence-electron chi connectivity index (χ2n) is 2.13. The lowest BCUT2D eigenvalue weighted by molar-refractivity contribution is 0.0798. The first-order valence-electron chi connectivity index (χ1n) is 2.89. The Hall–Kier alpha value is -1.39. The van der Waals surface area contributed by atoms with Crippen molar-refractivity contribution in [1.29, 1.82) is 0 Å². The zero-order valence-electron chi connectivity index (χ0n) is 6.07. The molecule has 10 heavy (non-hydrogen) atoms. The Morgan fingerprint density at radius 2 is 2.00 bits per heavy atom. The maximum atomic E-state index is 5.47. The first kappa shape index (κ1) is 6.73. The molecule has 0 radical (unpaired) electrons. The molecule has 1 heterocycles. The normalized spacial score (nSPS) is 18.6. The molecule has 0 saturated carbocycles. The number of amidine groups is 1. The quantitative estimate of drug-likeness (QED) is 0.447. The van der Waals surface area contributed by atoms with Crippen LogP contribution in [0.15, 0.2) is 17.0 Å². The molecule has 0 atom stereocenters. The predicted molar refractivity (Wildman–Crippen MR) is 39.4 cm³/mol. The first-order valence-corrected chi connectivity index (χ1v) is 2.89. The highest BCUT2D eigenvalue weighted by Crippen LogP contribution is 2.01. The Morgan fingerprint density at radius 1 is 1.40 bits per heavy atom. The van der Waals surface area contributed by atoms with Gasteiger partial charge in [-0.1, -0.05) is 0 Å². The largest absolute Gasteiger partial charge is 0.394 e. The van der Waals surface area contributed by atoms with Crippen molar-refractivity contribution in [2.24, 2.45) is 16.6 Å². The molecule has 56 valence electrons. The van der Waals surface area contributed by atoms with E-state index in [4.69, 9.17) is 11.5 Å². The minimum Gasteiger partial charge on any atom is -0.394 e. The maximum Gasteiger partial charge on any atom is 0.170 e. The molecule has 0 aromatic heterocycles. The molecule has 5 heteroatoms. The number of hydrazone groups is 1. The fraction of sp³-hybridized carbons (Fsp3) is 0.400. The van der Waals surface area contributed by atoms with Gasteiger partial charge in [0.25, 0.3) is 0 Å². The highest BCUT2D eigenvalue weighted by molar-refractivity contribution is 5.96. The molecule has 0 amide bonds. The molecule has 5 nitrogen and oxygen atoms in total. The van der Waals surface area contributed by atoms with Gasteiger partial charge in [-0.3, -0.25) is 5.01 Å². The van der Waals surface area contributed by atoms with E-state index in [2.05, 4.69) is 5.10 Å². The minimum absolute atomic E-state index is 0.362. The Morgan fingerprint density at radius 3 is 2.50 bits per heavy atom. The summed E-state index contributed by atoms with van der Waals surface area (Å²) in [5.74, 6) is 0.362. The predicted octanol–water partition coefficient (Wildman–Crippen LogP) is -1.15. The van der Waals surface area contributed by atoms with Crippen LogP contribution in [0.4, 0.5) is 0 Å². The summed E-state index contributed by atoms with van der Waals surface area (Å²) >= 11 is 0. The SMILES string of the molecule is CN1C=C(N)C(N)=NN1C. The third-order valence-corrected chi connectivity index (χ3v) is 1.33. The van der Waals surface area contributed by atoms with Crippen molar-refractivity contribution in [2.75, 3.05) is 14.1 Å². The number of nitrogens with zero attached hydrogens (tertiary/aromatic N) is 3. The van der Waals surface area contributed by atoms with Gasteiger partial charge in [0, 0.05) is 20.3 Å². The van der Waals surface area contributed by atoms with E-state index in [-0.39, 0.29) is 0 Å². The summed E-state index contributed by atoms with van der Waals surface area (Å²) in [6, 6.07) is 0. The molecule has 0 saturated heterocycles. The zero-order valence-corrected chi connectivity index (χ0v) is 6.07. The average Bonchev–Trinajstić information content (AvgIpc) is 1.84. The van der Waals surface area contributed by atoms with Crippen LogP contribution in [0.1, 0.15) is 0 Å². The van der Waals surface area contributed by atoms with E-state index < -0.39 is 0 Å². The van der Waals surface area contributed by atoms with Crippen LogP contribution in [0.5, 0.6) is 0 Å². The molecular weight excluding hydrogens is 130 g/mol. The van der Waals surface area contributed by atoms with Gasteiger partial charge in [0.15, 0.2) is 5.84 Å². The molecule has 0 aromatic carbocycles. The molecule has 0 spiro atoms. The summed E-state index contributed by atoms with van der Waals surface area (Å²) < 4.78 is 0. The zero-order chi connectivity index (χ0) is 7.72. The van der Waals surface area contributed by atoms with Gasteiger partial charge in [0.2, 0.25) is 0 Å². The number of hydrogen-bond acceptors (Lipinski definition) is 5. The Labute approximate surface area is 59.5 Å². The van der Waals surface area contributed by atoms with Crippen molar-refractivity contribution >= 4 is 5.84 Å². The monoisotopic (exact) mass is 141 g/mol. The molecule has 0 unspecified atom stereocenters. The van der Waals surface area contributed by atoms with Crippen molar-refractivity contribution in [3.63, 3.8) is 0 Å². The Balaban J connectivity index is 2.83. The maximum absolute atomic E-state index is 5.47. The fourth-order valence-electron chi connectivity index (χ4n) is 0.635. The first-order chi connectivity index (χ1) is 4.61. The van der Waals surface area contributed by atoms with Crippen LogP contribution in [-0.2, 0) is 0 Å². The van der Waals surface area contributed by atoms with E-state index in [1.54, 1.807) is 23.4 Å². The Kier molecular flexibility index (Phi) is 1.41. The molecule has 0 aliphatic carbocycles. The number of hydrogen-bond donors (Lipinski definition) is 2. The van der Waals surface area contributed by atoms with E-state index in [1.807, 2.05) is 7.05 Å². The van der Waals surface area contributed by atoms with Gasteiger partial charge < -0.3 is 11.5 Å². The van der Waals surface area contributed by atoms with Gasteiger partial charge >= 0.3 is 0 Å². The molecule has 0 fully saturated rings. The second-order valence-corrected chi connectivity index (χ2v) is 2.13. The van der Waals surface area contributed by atoms with Crippen molar-refractivity contribution < 1.29 is 0 Å². The number of nitrogens with two attached hydrogens (primary N) is 2. The molecule has 0 bridgehead atoms. The van der Waals surface area contributed by atoms with Gasteiger partial charge in [-0.25, -0.2) is 5.12 Å². The Bertz CT molecular complexity index is 172. The van der Waals surface area contributed by atoms with Crippen LogP contribution in [0.2, 0.25) is 0 Å². The van der Waals surface area contributed by atoms with Gasteiger partial charge in [-0.15, -0.1) is 5.10 Å². The summed E-state index contributed by atoms with van der Waals surface area (Å²) in [7, 11) is 3.62. The van der Waals surface area contributed by atoms with E-state index in [1.165, 1.54) is 0 Å². The molecule has 1 rings (SSSR count). The molecule has 0 aromatic rings. The summed E-state index contributed by atoms with van der Waals surface area (Å²) in [6.07, 6.45) is 1.71. The molecule has 1 aliphatic heterocycles. The van der Waals surface area contributed by atoms with E-state index in [0.29, 0.717) is 11.5 Å². The van der Waals surface area contributed by atoms with Crippen LogP contribution in [-0.4, -0.2) is 30.1 Å². The lowest BCUT2D eigenvalue weighted by Crippen LogP contribution is -2.38. The van der Waals surface area contributed by atoms with Gasteiger partial charge in [0.05, 0.1) is 5.70 Å². The fourth-order valence-corrected chi connectivity index (χ4v) is 0.635. The molecule has 4 N–H and O–H groups in total. The van der Waals surface area contributed by atoms with Crippen LogP contribution >= 0.6 is 0 Å². The van der Waals surface area contributed by atoms with Gasteiger partial charge in [0.1, 0.15) is 0 Å². The van der Waals surface area contributed by atoms with Gasteiger partial charge in [-0.2, -0.15) is 0 Å². The highest BCUT2D eigenvalue weighted by atomic mass is 15.8. The summed E-state index contributed by atoms with van der Waals surface area (Å²) in [5.41, 5.74) is 11.4. The van der Waals surface area contributed by atoms with E-state index in [9.17, 15) is 0 Å². The summed E-state index contributed by atoms with van der Waals surface area (Å²) in [6.45, 7) is 0. The standard InChI is InChI=1S/C5H11N5/c1-9-3-4(6)5(7)8-10(9)2/h3H,6H2,1-2H3,(H2,7,8). The summed E-state index contributed by atoms with van der Waals surface area (Å²) in [5, 5.41) is 7.25. The second kappa shape index (κ2) is 2.09. The smallest absolute Gasteiger partial charge is 0.170 e. The number of hydrazine groups is 1. The van der Waals surface area contributed by atoms with Crippen LogP contribution in [0.25, 0.3) is 0 Å². The number of rotatable bonds is 0. The topological polar surface area (TPSA) is 70.9 Å². The van der Waals surface area contributed by atoms with Gasteiger partial charge in [-0.05, 0) is 0 Å². The highest BCUT2D eigenvalue weighted by Gasteiger charge is 2.09. The van der Waals surface area contributed by atoms with Crippen molar-refractivity contribution in [3.8, 4) is 0 Å². The minimum atomic E-state index is 0.362. The van der Waals surface area contributed by atoms with Crippen molar-refractivity contribution in [2.45, 2.75) is 0 Å². The molecular formula is C5H11N5. The van der Waals surface area contributed by atoms with E-state index >= 15 is 0 Å². The average molecular weight is 141 g/mol. The van der Waals surface area contributed by atoms with Crippen LogP contribution in [0.3, 0.4) is 0 Å². The molecule has 1 aliphatic rings. The van der Waals surface area contributed by atoms with Crippen molar-refractivity contribution in [1.82, 2.24) is 10.1 Å². The van der Waals surface area contributed by atoms with E-state index in [0.717, 1.165) is 0 Å². The third-order valence-electron chi connectivity index (χ3n) is 1.33. The van der Waals surface area contributed by atoms with Crippen LogP contribution in [0, 0.1) is 0 Å². The lowest BCUT2D eigenvalue weighted by atomic mass is 10.4. The lowest BCUT2D eigenvalue weighted by Gasteiger charge is -2.28. The summed E-state index contributed by atoms with van der Waals surface area (Å²) in [4.78, 5) is 0. The van der Waals surface area contributed by atoms with Crippen LogP contribution < -0.4 is 11.5 Å². The third kappa shape index (κ3) is 0.975. The van der Waals surface area contributed by atoms with Crippen molar-refractivity contribution in [3.05, 3.63) is 11.9 Å².